The Morgan fingerprint density at radius 2 is 1.00 bits per heavy atom. The Morgan fingerprint density at radius 1 is 1.00 bits per heavy atom. The predicted molar refractivity (Wildman–Crippen MR) is 48.9 cm³/mol. The molecule has 0 amide bonds. The van der Waals surface area contributed by atoms with Crippen LogP contribution in [-0.4, -0.2) is 12.5 Å². The van der Waals surface area contributed by atoms with E-state index < -0.39 is 0 Å². The topological polar surface area (TPSA) is 0 Å². The molecule has 0 aromatic heterocycles. The minimum atomic E-state index is 0. The van der Waals surface area contributed by atoms with Crippen LogP contribution in [0.5, 0.6) is 0 Å². The molecule has 0 bridgehead atoms. The monoisotopic (exact) mass is 138 g/mol. The van der Waals surface area contributed by atoms with Crippen molar-refractivity contribution in [1.82, 2.24) is 0 Å². The fourth-order valence-electron chi connectivity index (χ4n) is 0. The van der Waals surface area contributed by atoms with Crippen LogP contribution in [0.25, 0.3) is 0 Å². The van der Waals surface area contributed by atoms with Gasteiger partial charge in [-0.05, 0) is 12.5 Å². The Labute approximate surface area is 60.1 Å². The lowest BCUT2D eigenvalue weighted by molar-refractivity contribution is 1.09. The van der Waals surface area contributed by atoms with E-state index in [0.29, 0.717) is 0 Å². The summed E-state index contributed by atoms with van der Waals surface area (Å²) < 4.78 is 0. The molecule has 0 saturated carbocycles. The van der Waals surface area contributed by atoms with Gasteiger partial charge in [-0.25, -0.2) is 0 Å². The number of rotatable bonds is 0. The molecule has 0 N–H and O–H groups in total. The maximum absolute atomic E-state index is 2.12. The van der Waals surface area contributed by atoms with Crippen molar-refractivity contribution < 1.29 is 0 Å². The first-order valence-electron chi connectivity index (χ1n) is 2.23. The van der Waals surface area contributed by atoms with E-state index in [4.69, 9.17) is 0 Å². The molecular weight excluding hydrogens is 116 g/mol. The summed E-state index contributed by atoms with van der Waals surface area (Å²) in [4.78, 5) is 0. The standard InChI is InChI=1S/C3H8.C2H6S.2CH4/c2*1-3-2;;/h3H2,1-2H3;1-2H3;2*1H4. The SMILES string of the molecule is C.C.CCC.CSC. The first-order chi connectivity index (χ1) is 2.83. The number of hydrogen-bond acceptors (Lipinski definition) is 1. The first kappa shape index (κ1) is 23.8. The van der Waals surface area contributed by atoms with Gasteiger partial charge in [0.05, 0.1) is 0 Å². The molecule has 0 aliphatic carbocycles. The van der Waals surface area contributed by atoms with Crippen molar-refractivity contribution in [2.45, 2.75) is 35.1 Å². The summed E-state index contributed by atoms with van der Waals surface area (Å²) in [5, 5.41) is 0. The van der Waals surface area contributed by atoms with E-state index in [9.17, 15) is 0 Å². The van der Waals surface area contributed by atoms with Crippen LogP contribution in [0.4, 0.5) is 0 Å². The van der Waals surface area contributed by atoms with Gasteiger partial charge in [0.1, 0.15) is 0 Å². The highest BCUT2D eigenvalue weighted by molar-refractivity contribution is 7.97. The van der Waals surface area contributed by atoms with E-state index >= 15 is 0 Å². The van der Waals surface area contributed by atoms with Crippen LogP contribution in [-0.2, 0) is 0 Å². The van der Waals surface area contributed by atoms with Crippen molar-refractivity contribution in [3.8, 4) is 0 Å². The summed E-state index contributed by atoms with van der Waals surface area (Å²) in [6, 6.07) is 0. The third-order valence-electron chi connectivity index (χ3n) is 0. The first-order valence-corrected chi connectivity index (χ1v) is 3.86. The van der Waals surface area contributed by atoms with Crippen LogP contribution in [0.15, 0.2) is 0 Å². The molecule has 0 heterocycles. The zero-order valence-electron chi connectivity index (χ0n) is 5.12. The molecule has 56 valence electrons. The summed E-state index contributed by atoms with van der Waals surface area (Å²) in [5.74, 6) is 0. The third-order valence-corrected chi connectivity index (χ3v) is 0. The Bertz CT molecular complexity index is 6.35. The minimum Gasteiger partial charge on any atom is -0.169 e. The Balaban J connectivity index is -0.0000000160. The fraction of sp³-hybridized carbons (Fsp3) is 1.00. The van der Waals surface area contributed by atoms with Gasteiger partial charge in [-0.1, -0.05) is 35.1 Å². The van der Waals surface area contributed by atoms with Gasteiger partial charge in [-0.15, -0.1) is 0 Å². The van der Waals surface area contributed by atoms with Gasteiger partial charge < -0.3 is 0 Å². The van der Waals surface area contributed by atoms with E-state index in [1.807, 2.05) is 12.5 Å². The summed E-state index contributed by atoms with van der Waals surface area (Å²) in [6.07, 6.45) is 5.33. The summed E-state index contributed by atoms with van der Waals surface area (Å²) >= 11 is 1.75. The second-order valence-electron chi connectivity index (χ2n) is 1.12. The van der Waals surface area contributed by atoms with E-state index in [-0.39, 0.29) is 14.9 Å². The van der Waals surface area contributed by atoms with Crippen molar-refractivity contribution in [1.29, 1.82) is 0 Å². The fourth-order valence-corrected chi connectivity index (χ4v) is 0. The van der Waals surface area contributed by atoms with E-state index in [1.54, 1.807) is 11.8 Å². The van der Waals surface area contributed by atoms with E-state index in [0.717, 1.165) is 0 Å². The molecular formula is C7H22S. The Morgan fingerprint density at radius 3 is 1.00 bits per heavy atom. The normalized spacial score (nSPS) is 4.50. The van der Waals surface area contributed by atoms with Crippen LogP contribution in [0.2, 0.25) is 0 Å². The molecule has 0 unspecified atom stereocenters. The highest BCUT2D eigenvalue weighted by Gasteiger charge is 1.35. The Hall–Kier alpha value is 0.350. The molecule has 0 rings (SSSR count). The molecule has 0 radical (unpaired) electrons. The predicted octanol–water partition coefficient (Wildman–Crippen LogP) is 3.67. The lowest BCUT2D eigenvalue weighted by atomic mass is 10.6. The number of thioether (sulfide) groups is 1. The lowest BCUT2D eigenvalue weighted by Gasteiger charge is -1.51. The maximum Gasteiger partial charge on any atom is -0.0187 e. The van der Waals surface area contributed by atoms with Gasteiger partial charge in [0.25, 0.3) is 0 Å². The van der Waals surface area contributed by atoms with Gasteiger partial charge in [0, 0.05) is 0 Å². The second-order valence-corrected chi connectivity index (χ2v) is 1.93. The average molecular weight is 138 g/mol. The molecule has 0 aromatic rings. The second kappa shape index (κ2) is 53.7. The molecule has 0 atom stereocenters. The van der Waals surface area contributed by atoms with E-state index in [1.165, 1.54) is 6.42 Å². The third kappa shape index (κ3) is 1480. The molecule has 0 spiro atoms. The largest absolute Gasteiger partial charge is 0.169 e. The van der Waals surface area contributed by atoms with Crippen molar-refractivity contribution in [2.24, 2.45) is 0 Å². The van der Waals surface area contributed by atoms with Crippen LogP contribution in [0.3, 0.4) is 0 Å². The molecule has 0 aliphatic heterocycles. The summed E-state index contributed by atoms with van der Waals surface area (Å²) in [6.45, 7) is 4.25. The zero-order chi connectivity index (χ0) is 5.41. The molecule has 0 nitrogen and oxygen atoms in total. The van der Waals surface area contributed by atoms with Gasteiger partial charge in [-0.2, -0.15) is 11.8 Å². The van der Waals surface area contributed by atoms with Crippen molar-refractivity contribution in [2.75, 3.05) is 12.5 Å². The average Bonchev–Trinajstić information content (AvgIpc) is 1.39. The van der Waals surface area contributed by atoms with Crippen molar-refractivity contribution >= 4 is 11.8 Å². The van der Waals surface area contributed by atoms with Crippen LogP contribution in [0, 0.1) is 0 Å². The highest BCUT2D eigenvalue weighted by Crippen LogP contribution is 1.70. The van der Waals surface area contributed by atoms with Gasteiger partial charge in [0.2, 0.25) is 0 Å². The Kier molecular flexibility index (Phi) is 160. The summed E-state index contributed by atoms with van der Waals surface area (Å²) in [5.41, 5.74) is 0. The molecule has 1 heteroatoms. The van der Waals surface area contributed by atoms with Gasteiger partial charge in [0.15, 0.2) is 0 Å². The zero-order valence-corrected chi connectivity index (χ0v) is 5.93. The van der Waals surface area contributed by atoms with Gasteiger partial charge >= 0.3 is 0 Å². The maximum atomic E-state index is 2.12. The van der Waals surface area contributed by atoms with Crippen LogP contribution >= 0.6 is 11.8 Å². The molecule has 0 aliphatic rings. The summed E-state index contributed by atoms with van der Waals surface area (Å²) in [7, 11) is 0. The molecule has 0 fully saturated rings. The smallest absolute Gasteiger partial charge is 0.0187 e. The molecule has 8 heavy (non-hydrogen) atoms. The van der Waals surface area contributed by atoms with Crippen LogP contribution < -0.4 is 0 Å². The van der Waals surface area contributed by atoms with Crippen molar-refractivity contribution in [3.05, 3.63) is 0 Å². The molecule has 0 aromatic carbocycles. The quantitative estimate of drug-likeness (QED) is 0.492. The lowest BCUT2D eigenvalue weighted by Crippen LogP contribution is -1.27. The number of hydrogen-bond donors (Lipinski definition) is 0. The minimum absolute atomic E-state index is 0. The van der Waals surface area contributed by atoms with Gasteiger partial charge in [-0.3, -0.25) is 0 Å². The highest BCUT2D eigenvalue weighted by atomic mass is 32.2. The van der Waals surface area contributed by atoms with E-state index in [2.05, 4.69) is 13.8 Å². The molecule has 0 saturated heterocycles. The van der Waals surface area contributed by atoms with Crippen LogP contribution in [0.1, 0.15) is 35.1 Å². The van der Waals surface area contributed by atoms with Crippen molar-refractivity contribution in [3.63, 3.8) is 0 Å².